The highest BCUT2D eigenvalue weighted by Gasteiger charge is 2.14. The number of H-pyrrole nitrogens is 1. The SMILES string of the molecule is COc1ccc(Cl)c(-c2nc(Cl)nc3nc[nH]c23)c1. The number of rotatable bonds is 2. The zero-order chi connectivity index (χ0) is 13.4. The normalized spacial score (nSPS) is 10.9. The van der Waals surface area contributed by atoms with Crippen molar-refractivity contribution < 1.29 is 4.74 Å². The molecule has 96 valence electrons. The van der Waals surface area contributed by atoms with Crippen molar-refractivity contribution in [3.8, 4) is 17.0 Å². The van der Waals surface area contributed by atoms with Crippen LogP contribution < -0.4 is 4.74 Å². The number of hydrogen-bond acceptors (Lipinski definition) is 4. The van der Waals surface area contributed by atoms with Gasteiger partial charge in [0.25, 0.3) is 0 Å². The summed E-state index contributed by atoms with van der Waals surface area (Å²) in [7, 11) is 1.59. The van der Waals surface area contributed by atoms with Crippen molar-refractivity contribution in [2.24, 2.45) is 0 Å². The van der Waals surface area contributed by atoms with Crippen molar-refractivity contribution in [1.82, 2.24) is 19.9 Å². The molecule has 0 atom stereocenters. The first-order chi connectivity index (χ1) is 9.19. The van der Waals surface area contributed by atoms with Gasteiger partial charge in [-0.05, 0) is 29.8 Å². The third kappa shape index (κ3) is 2.11. The number of methoxy groups -OCH3 is 1. The lowest BCUT2D eigenvalue weighted by atomic mass is 10.1. The summed E-state index contributed by atoms with van der Waals surface area (Å²) in [5.41, 5.74) is 2.48. The molecule has 0 bridgehead atoms. The van der Waals surface area contributed by atoms with E-state index in [2.05, 4.69) is 19.9 Å². The minimum atomic E-state index is 0.119. The van der Waals surface area contributed by atoms with Gasteiger partial charge in [0.15, 0.2) is 5.65 Å². The van der Waals surface area contributed by atoms with Gasteiger partial charge in [0.1, 0.15) is 17.0 Å². The number of nitrogens with one attached hydrogen (secondary N) is 1. The summed E-state index contributed by atoms with van der Waals surface area (Å²) in [5, 5.41) is 0.667. The van der Waals surface area contributed by atoms with Crippen LogP contribution >= 0.6 is 23.2 Å². The van der Waals surface area contributed by atoms with Crippen molar-refractivity contribution in [3.05, 3.63) is 34.8 Å². The number of ether oxygens (including phenoxy) is 1. The van der Waals surface area contributed by atoms with Crippen molar-refractivity contribution in [2.75, 3.05) is 7.11 Å². The second-order valence-corrected chi connectivity index (χ2v) is 4.53. The molecule has 3 aromatic rings. The van der Waals surface area contributed by atoms with E-state index in [0.29, 0.717) is 33.2 Å². The molecule has 0 amide bonds. The molecule has 0 aliphatic heterocycles. The molecule has 0 aliphatic rings. The maximum absolute atomic E-state index is 6.21. The topological polar surface area (TPSA) is 63.7 Å². The first kappa shape index (κ1) is 12.2. The number of fused-ring (bicyclic) bond motifs is 1. The zero-order valence-corrected chi connectivity index (χ0v) is 11.3. The van der Waals surface area contributed by atoms with Crippen molar-refractivity contribution in [3.63, 3.8) is 0 Å². The molecule has 3 rings (SSSR count). The third-order valence-electron chi connectivity index (χ3n) is 2.69. The van der Waals surface area contributed by atoms with Crippen LogP contribution in [0.15, 0.2) is 24.5 Å². The van der Waals surface area contributed by atoms with Gasteiger partial charge >= 0.3 is 0 Å². The fourth-order valence-corrected chi connectivity index (χ4v) is 2.19. The number of hydrogen-bond donors (Lipinski definition) is 1. The predicted octanol–water partition coefficient (Wildman–Crippen LogP) is 3.34. The van der Waals surface area contributed by atoms with Gasteiger partial charge in [0.05, 0.1) is 18.5 Å². The Morgan fingerprint density at radius 1 is 1.21 bits per heavy atom. The predicted molar refractivity (Wildman–Crippen MR) is 73.7 cm³/mol. The summed E-state index contributed by atoms with van der Waals surface area (Å²) in [4.78, 5) is 15.3. The molecular formula is C12H8Cl2N4O. The molecule has 2 aromatic heterocycles. The Balaban J connectivity index is 2.32. The maximum Gasteiger partial charge on any atom is 0.225 e. The number of imidazole rings is 1. The Morgan fingerprint density at radius 3 is 2.84 bits per heavy atom. The average molecular weight is 295 g/mol. The summed E-state index contributed by atoms with van der Waals surface area (Å²) in [6.45, 7) is 0. The minimum Gasteiger partial charge on any atom is -0.497 e. The van der Waals surface area contributed by atoms with Crippen molar-refractivity contribution >= 4 is 34.4 Å². The first-order valence-electron chi connectivity index (χ1n) is 5.39. The minimum absolute atomic E-state index is 0.119. The van der Waals surface area contributed by atoms with Crippen LogP contribution in [-0.4, -0.2) is 27.0 Å². The highest BCUT2D eigenvalue weighted by molar-refractivity contribution is 6.33. The molecule has 19 heavy (non-hydrogen) atoms. The zero-order valence-electron chi connectivity index (χ0n) is 9.82. The largest absolute Gasteiger partial charge is 0.497 e. The highest BCUT2D eigenvalue weighted by Crippen LogP contribution is 2.33. The molecule has 0 spiro atoms. The van der Waals surface area contributed by atoms with E-state index in [1.165, 1.54) is 6.33 Å². The number of aromatic amines is 1. The van der Waals surface area contributed by atoms with Crippen LogP contribution in [0, 0.1) is 0 Å². The van der Waals surface area contributed by atoms with Crippen molar-refractivity contribution in [2.45, 2.75) is 0 Å². The second-order valence-electron chi connectivity index (χ2n) is 3.79. The van der Waals surface area contributed by atoms with Gasteiger partial charge in [-0.2, -0.15) is 4.98 Å². The molecule has 0 saturated heterocycles. The summed E-state index contributed by atoms with van der Waals surface area (Å²) in [5.74, 6) is 0.682. The van der Waals surface area contributed by atoms with Gasteiger partial charge < -0.3 is 9.72 Å². The average Bonchev–Trinajstić information content (AvgIpc) is 2.86. The Kier molecular flexibility index (Phi) is 3.00. The highest BCUT2D eigenvalue weighted by atomic mass is 35.5. The molecule has 0 fully saturated rings. The molecule has 0 unspecified atom stereocenters. The summed E-state index contributed by atoms with van der Waals surface area (Å²) in [6, 6.07) is 5.31. The summed E-state index contributed by atoms with van der Waals surface area (Å²) >= 11 is 12.1. The molecule has 2 heterocycles. The Hall–Kier alpha value is -1.85. The first-order valence-corrected chi connectivity index (χ1v) is 6.15. The van der Waals surface area contributed by atoms with E-state index in [-0.39, 0.29) is 5.28 Å². The van der Waals surface area contributed by atoms with Crippen LogP contribution in [0.25, 0.3) is 22.4 Å². The van der Waals surface area contributed by atoms with Crippen LogP contribution in [-0.2, 0) is 0 Å². The summed E-state index contributed by atoms with van der Waals surface area (Å²) in [6.07, 6.45) is 1.53. The van der Waals surface area contributed by atoms with Crippen molar-refractivity contribution in [1.29, 1.82) is 0 Å². The van der Waals surface area contributed by atoms with E-state index in [4.69, 9.17) is 27.9 Å². The number of nitrogens with zero attached hydrogens (tertiary/aromatic N) is 3. The Labute approximate surface area is 118 Å². The van der Waals surface area contributed by atoms with E-state index in [9.17, 15) is 0 Å². The maximum atomic E-state index is 6.21. The van der Waals surface area contributed by atoms with Crippen LogP contribution in [0.5, 0.6) is 5.75 Å². The van der Waals surface area contributed by atoms with Gasteiger partial charge in [-0.3, -0.25) is 0 Å². The molecule has 7 heteroatoms. The monoisotopic (exact) mass is 294 g/mol. The quantitative estimate of drug-likeness (QED) is 0.736. The van der Waals surface area contributed by atoms with Gasteiger partial charge in [-0.15, -0.1) is 0 Å². The molecule has 0 aliphatic carbocycles. The molecule has 5 nitrogen and oxygen atoms in total. The molecule has 1 aromatic carbocycles. The molecule has 1 N–H and O–H groups in total. The molecular weight excluding hydrogens is 287 g/mol. The lowest BCUT2D eigenvalue weighted by Crippen LogP contribution is -1.92. The van der Waals surface area contributed by atoms with Gasteiger partial charge in [-0.25, -0.2) is 9.97 Å². The van der Waals surface area contributed by atoms with E-state index in [1.807, 2.05) is 0 Å². The van der Waals surface area contributed by atoms with Crippen LogP contribution in [0.4, 0.5) is 0 Å². The van der Waals surface area contributed by atoms with Gasteiger partial charge in [0.2, 0.25) is 5.28 Å². The van der Waals surface area contributed by atoms with Gasteiger partial charge in [-0.1, -0.05) is 11.6 Å². The molecule has 0 saturated carbocycles. The van der Waals surface area contributed by atoms with Gasteiger partial charge in [0, 0.05) is 5.56 Å². The Morgan fingerprint density at radius 2 is 2.05 bits per heavy atom. The summed E-state index contributed by atoms with van der Waals surface area (Å²) < 4.78 is 5.19. The lowest BCUT2D eigenvalue weighted by molar-refractivity contribution is 0.415. The van der Waals surface area contributed by atoms with E-state index < -0.39 is 0 Å². The second kappa shape index (κ2) is 4.68. The number of aromatic nitrogens is 4. The smallest absolute Gasteiger partial charge is 0.225 e. The van der Waals surface area contributed by atoms with E-state index in [0.717, 1.165) is 0 Å². The van der Waals surface area contributed by atoms with Crippen LogP contribution in [0.3, 0.4) is 0 Å². The third-order valence-corrected chi connectivity index (χ3v) is 3.19. The Bertz CT molecular complexity index is 757. The van der Waals surface area contributed by atoms with E-state index in [1.54, 1.807) is 25.3 Å². The lowest BCUT2D eigenvalue weighted by Gasteiger charge is -2.07. The van der Waals surface area contributed by atoms with Crippen LogP contribution in [0.1, 0.15) is 0 Å². The van der Waals surface area contributed by atoms with Crippen LogP contribution in [0.2, 0.25) is 10.3 Å². The fourth-order valence-electron chi connectivity index (χ4n) is 1.81. The number of halogens is 2. The standard InChI is InChI=1S/C12H8Cl2N4O/c1-19-6-2-3-8(13)7(4-6)9-10-11(16-5-15-10)18-12(14)17-9/h2-5H,1H3,(H,15,16,17,18). The molecule has 0 radical (unpaired) electrons. The number of benzene rings is 1. The fraction of sp³-hybridized carbons (Fsp3) is 0.0833. The van der Waals surface area contributed by atoms with E-state index >= 15 is 0 Å².